The van der Waals surface area contributed by atoms with Crippen molar-refractivity contribution in [2.75, 3.05) is 13.1 Å². The molecule has 0 saturated carbocycles. The van der Waals surface area contributed by atoms with Crippen LogP contribution in [0, 0.1) is 44.4 Å². The van der Waals surface area contributed by atoms with E-state index in [9.17, 15) is 44.6 Å². The smallest absolute Gasteiger partial charge is 0.261 e. The highest BCUT2D eigenvalue weighted by molar-refractivity contribution is 6.35. The lowest BCUT2D eigenvalue weighted by Crippen LogP contribution is -2.31. The number of halogens is 1. The lowest BCUT2D eigenvalue weighted by atomic mass is 10.1. The fraction of sp³-hybridized carbons (Fsp3) is 0.429. The van der Waals surface area contributed by atoms with E-state index in [1.54, 1.807) is 45.0 Å². The number of hydrogen-bond donors (Lipinski definition) is 6. The summed E-state index contributed by atoms with van der Waals surface area (Å²) in [7, 11) is 0. The standard InChI is InChI=1S/C14H17NO3.C13H18ClNO2.C12H14N2O4.C10H15NO2/c1-8(2)4-5-15-13(17)10-6-9(3)12(16)7-11(10)14(15)18;1-8(2)6-7-15-13(17)10-5-4-9(3)12(16)11(10)14;1-7(2)3-8-4-9(13-18-8)10-5-11(15)12(16)6-14(10)17;1-7(2)4-9-5-10(12)8(3)6-11(9)13/h6-8,16H,4-5H2,1-3H3;4-5,8,16H,6-7H2,1-3H3,(H,15,17);4-7,16-17H,3H2,1-2H3;5-7,13H,4H2,1-3H3. The van der Waals surface area contributed by atoms with Gasteiger partial charge in [-0.25, -0.2) is 0 Å². The number of nitrogens with one attached hydrogen (secondary N) is 1. The van der Waals surface area contributed by atoms with Crippen LogP contribution in [0.5, 0.6) is 17.2 Å². The molecule has 3 amide bonds. The van der Waals surface area contributed by atoms with E-state index in [-0.39, 0.29) is 45.4 Å². The van der Waals surface area contributed by atoms with Crippen LogP contribution in [-0.4, -0.2) is 76.1 Å². The maximum absolute atomic E-state index is 12.1. The van der Waals surface area contributed by atoms with Gasteiger partial charge in [-0.15, -0.1) is 0 Å². The summed E-state index contributed by atoms with van der Waals surface area (Å²) in [5, 5.41) is 54.1. The fourth-order valence-corrected chi connectivity index (χ4v) is 6.60. The van der Waals surface area contributed by atoms with E-state index in [2.05, 4.69) is 24.3 Å². The zero-order valence-corrected chi connectivity index (χ0v) is 40.4. The Kier molecular flexibility index (Phi) is 19.6. The molecule has 0 aliphatic carbocycles. The van der Waals surface area contributed by atoms with Crippen molar-refractivity contribution >= 4 is 29.3 Å². The van der Waals surface area contributed by atoms with Crippen LogP contribution < -0.4 is 16.2 Å². The second kappa shape index (κ2) is 24.1. The summed E-state index contributed by atoms with van der Waals surface area (Å²) in [5.41, 5.74) is 3.48. The zero-order chi connectivity index (χ0) is 49.7. The van der Waals surface area contributed by atoms with Crippen molar-refractivity contribution in [3.05, 3.63) is 125 Å². The summed E-state index contributed by atoms with van der Waals surface area (Å²) >= 11 is 5.92. The number of aryl methyl sites for hydroxylation is 3. The fourth-order valence-electron chi connectivity index (χ4n) is 6.30. The summed E-state index contributed by atoms with van der Waals surface area (Å²) in [6, 6.07) is 10.5. The number of amides is 3. The van der Waals surface area contributed by atoms with Crippen molar-refractivity contribution in [2.45, 2.75) is 102 Å². The molecule has 6 rings (SSSR count). The van der Waals surface area contributed by atoms with Gasteiger partial charge in [-0.3, -0.25) is 28.9 Å². The molecule has 6 N–H and O–H groups in total. The zero-order valence-electron chi connectivity index (χ0n) is 39.6. The molecule has 16 nitrogen and oxygen atoms in total. The molecule has 358 valence electrons. The van der Waals surface area contributed by atoms with Crippen LogP contribution >= 0.6 is 11.6 Å². The number of hydrogen-bond acceptors (Lipinski definition) is 12. The van der Waals surface area contributed by atoms with Crippen molar-refractivity contribution in [3.8, 4) is 28.6 Å². The quantitative estimate of drug-likeness (QED) is 0.0509. The van der Waals surface area contributed by atoms with Gasteiger partial charge in [-0.2, -0.15) is 9.46 Å². The van der Waals surface area contributed by atoms with Crippen molar-refractivity contribution in [1.82, 2.24) is 24.8 Å². The highest BCUT2D eigenvalue weighted by atomic mass is 35.5. The van der Waals surface area contributed by atoms with Gasteiger partial charge in [-0.05, 0) is 93.0 Å². The predicted molar refractivity (Wildman–Crippen MR) is 252 cm³/mol. The number of fused-ring (bicyclic) bond motifs is 1. The van der Waals surface area contributed by atoms with Crippen LogP contribution in [0.15, 0.2) is 69.0 Å². The molecule has 0 fully saturated rings. The molecule has 0 spiro atoms. The van der Waals surface area contributed by atoms with Crippen molar-refractivity contribution in [3.63, 3.8) is 0 Å². The topological polar surface area (TPSA) is 238 Å². The highest BCUT2D eigenvalue weighted by Gasteiger charge is 2.36. The van der Waals surface area contributed by atoms with E-state index in [1.165, 1.54) is 23.2 Å². The summed E-state index contributed by atoms with van der Waals surface area (Å²) < 4.78 is 6.80. The second-order valence-electron chi connectivity index (χ2n) is 17.9. The molecule has 1 aliphatic rings. The van der Waals surface area contributed by atoms with E-state index in [0.717, 1.165) is 36.3 Å². The summed E-state index contributed by atoms with van der Waals surface area (Å²) in [6.07, 6.45) is 5.53. The van der Waals surface area contributed by atoms with Gasteiger partial charge in [0.25, 0.3) is 17.7 Å². The number of rotatable bonds is 12. The molecular formula is C49H64ClN5O11. The molecule has 0 bridgehead atoms. The Balaban J connectivity index is 0.000000235. The van der Waals surface area contributed by atoms with E-state index < -0.39 is 11.2 Å². The lowest BCUT2D eigenvalue weighted by molar-refractivity contribution is 0.0647. The number of imide groups is 1. The van der Waals surface area contributed by atoms with Crippen molar-refractivity contribution in [2.24, 2.45) is 23.7 Å². The van der Waals surface area contributed by atoms with Crippen LogP contribution in [0.4, 0.5) is 0 Å². The molecule has 4 heterocycles. The maximum Gasteiger partial charge on any atom is 0.261 e. The first-order valence-corrected chi connectivity index (χ1v) is 22.2. The largest absolute Gasteiger partial charge is 0.508 e. The van der Waals surface area contributed by atoms with Gasteiger partial charge in [0.2, 0.25) is 5.43 Å². The number of carbonyl (C=O) groups is 3. The monoisotopic (exact) mass is 933 g/mol. The molecule has 0 unspecified atom stereocenters. The Morgan fingerprint density at radius 1 is 0.697 bits per heavy atom. The van der Waals surface area contributed by atoms with Gasteiger partial charge in [0.1, 0.15) is 28.6 Å². The van der Waals surface area contributed by atoms with E-state index in [0.29, 0.717) is 98.4 Å². The maximum atomic E-state index is 12.1. The Labute approximate surface area is 390 Å². The molecule has 5 aromatic rings. The van der Waals surface area contributed by atoms with Crippen molar-refractivity contribution in [1.29, 1.82) is 0 Å². The first-order chi connectivity index (χ1) is 30.8. The average Bonchev–Trinajstić information content (AvgIpc) is 3.77. The number of carbonyl (C=O) groups excluding carboxylic acids is 3. The van der Waals surface area contributed by atoms with Gasteiger partial charge in [0.15, 0.2) is 11.2 Å². The minimum absolute atomic E-state index is 0.0130. The molecule has 3 aromatic heterocycles. The predicted octanol–water partition coefficient (Wildman–Crippen LogP) is 8.71. The van der Waals surface area contributed by atoms with Crippen molar-refractivity contribution < 1.29 is 44.6 Å². The summed E-state index contributed by atoms with van der Waals surface area (Å²) in [6.45, 7) is 22.7. The average molecular weight is 935 g/mol. The van der Waals surface area contributed by atoms with Crippen LogP contribution in [0.25, 0.3) is 11.4 Å². The Morgan fingerprint density at radius 2 is 1.30 bits per heavy atom. The first kappa shape index (κ1) is 53.8. The third kappa shape index (κ3) is 15.0. The molecule has 2 aromatic carbocycles. The highest BCUT2D eigenvalue weighted by Crippen LogP contribution is 2.31. The number of aromatic nitrogens is 3. The SMILES string of the molecule is CC(C)Cc1cc(-c2cc(=O)c(O)cn2O)no1.Cc1cc2c(cc1O)C(=O)N(CCC(C)C)C2=O.Cc1ccc(C(=O)NCCC(C)C)c(Cl)c1O.Cc1cn(O)c(CC(C)C)cc1=O. The number of benzene rings is 2. The van der Waals surface area contributed by atoms with Crippen LogP contribution in [-0.2, 0) is 12.8 Å². The molecular weight excluding hydrogens is 870 g/mol. The minimum atomic E-state index is -0.580. The van der Waals surface area contributed by atoms with E-state index in [1.807, 2.05) is 41.5 Å². The Hall–Kier alpha value is -6.55. The van der Waals surface area contributed by atoms with Gasteiger partial charge < -0.3 is 35.6 Å². The van der Waals surface area contributed by atoms with Crippen LogP contribution in [0.3, 0.4) is 0 Å². The molecule has 1 aliphatic heterocycles. The molecule has 0 saturated heterocycles. The third-order valence-corrected chi connectivity index (χ3v) is 10.5. The van der Waals surface area contributed by atoms with E-state index >= 15 is 0 Å². The Bertz CT molecular complexity index is 2570. The number of pyridine rings is 2. The normalized spacial score (nSPS) is 11.8. The number of phenolic OH excluding ortho intramolecular Hbond substituents is 2. The second-order valence-corrected chi connectivity index (χ2v) is 18.3. The minimum Gasteiger partial charge on any atom is -0.508 e. The van der Waals surface area contributed by atoms with Gasteiger partial charge in [0.05, 0.1) is 39.8 Å². The van der Waals surface area contributed by atoms with Gasteiger partial charge >= 0.3 is 0 Å². The molecule has 0 atom stereocenters. The first-order valence-electron chi connectivity index (χ1n) is 21.8. The third-order valence-electron chi connectivity index (χ3n) is 10.1. The number of phenols is 2. The Morgan fingerprint density at radius 3 is 1.89 bits per heavy atom. The van der Waals surface area contributed by atoms with Crippen LogP contribution in [0.1, 0.15) is 127 Å². The summed E-state index contributed by atoms with van der Waals surface area (Å²) in [4.78, 5) is 59.8. The van der Waals surface area contributed by atoms with Crippen LogP contribution in [0.2, 0.25) is 5.02 Å². The number of nitrogens with zero attached hydrogens (tertiary/aromatic N) is 4. The summed E-state index contributed by atoms with van der Waals surface area (Å²) in [5.74, 6) is 1.22. The molecule has 66 heavy (non-hydrogen) atoms. The molecule has 0 radical (unpaired) electrons. The van der Waals surface area contributed by atoms with Gasteiger partial charge in [0, 0.05) is 43.3 Å². The van der Waals surface area contributed by atoms with Gasteiger partial charge in [-0.1, -0.05) is 78.2 Å². The lowest BCUT2D eigenvalue weighted by Gasteiger charge is -2.14. The molecule has 17 heteroatoms. The van der Waals surface area contributed by atoms with E-state index in [4.69, 9.17) is 21.2 Å². The number of aromatic hydroxyl groups is 3.